The van der Waals surface area contributed by atoms with Crippen LogP contribution >= 0.6 is 0 Å². The maximum absolute atomic E-state index is 12.0. The van der Waals surface area contributed by atoms with Crippen molar-refractivity contribution in [1.82, 2.24) is 0 Å². The van der Waals surface area contributed by atoms with Crippen molar-refractivity contribution in [3.63, 3.8) is 0 Å². The van der Waals surface area contributed by atoms with E-state index in [1.165, 1.54) is 0 Å². The lowest BCUT2D eigenvalue weighted by atomic mass is 9.94. The Morgan fingerprint density at radius 3 is 2.11 bits per heavy atom. The third-order valence-electron chi connectivity index (χ3n) is 3.24. The highest BCUT2D eigenvalue weighted by Crippen LogP contribution is 2.32. The minimum Gasteiger partial charge on any atom is -0.267 e. The van der Waals surface area contributed by atoms with Crippen molar-refractivity contribution in [2.45, 2.75) is 0 Å². The van der Waals surface area contributed by atoms with E-state index in [4.69, 9.17) is 0 Å². The smallest absolute Gasteiger partial charge is 0.267 e. The molecule has 4 rings (SSSR count). The Labute approximate surface area is 104 Å². The van der Waals surface area contributed by atoms with Gasteiger partial charge in [0.15, 0.2) is 0 Å². The molecule has 0 aliphatic carbocycles. The van der Waals surface area contributed by atoms with Gasteiger partial charge < -0.3 is 0 Å². The topological polar surface area (TPSA) is 41.8 Å². The zero-order chi connectivity index (χ0) is 12.1. The summed E-state index contributed by atoms with van der Waals surface area (Å²) in [6.45, 7) is 0. The van der Waals surface area contributed by atoms with Crippen molar-refractivity contribution in [2.24, 2.45) is 9.98 Å². The van der Waals surface area contributed by atoms with Crippen LogP contribution in [0.15, 0.2) is 58.5 Å². The van der Waals surface area contributed by atoms with Gasteiger partial charge in [-0.05, 0) is 12.1 Å². The minimum atomic E-state index is -0.184. The number of para-hydroxylation sites is 1. The fourth-order valence-corrected chi connectivity index (χ4v) is 2.41. The van der Waals surface area contributed by atoms with Gasteiger partial charge in [-0.25, -0.2) is 9.98 Å². The molecule has 0 spiro atoms. The van der Waals surface area contributed by atoms with Crippen LogP contribution in [0.4, 0.5) is 5.69 Å². The molecule has 2 aliphatic rings. The van der Waals surface area contributed by atoms with E-state index in [-0.39, 0.29) is 5.91 Å². The number of rotatable bonds is 0. The molecule has 0 bridgehead atoms. The Balaban J connectivity index is 2.05. The summed E-state index contributed by atoms with van der Waals surface area (Å²) < 4.78 is 0. The van der Waals surface area contributed by atoms with Gasteiger partial charge in [-0.2, -0.15) is 0 Å². The maximum Gasteiger partial charge on any atom is 0.278 e. The standard InChI is InChI=1S/C15H8N2O/c18-15-10-6-2-1-5-9(10)13-14(17-15)11-7-3-4-8-12(11)16-13/h1-8H. The van der Waals surface area contributed by atoms with Crippen molar-refractivity contribution < 1.29 is 4.79 Å². The molecule has 2 aromatic carbocycles. The highest BCUT2D eigenvalue weighted by molar-refractivity contribution is 6.60. The molecule has 1 amide bonds. The molecule has 3 nitrogen and oxygen atoms in total. The lowest BCUT2D eigenvalue weighted by Gasteiger charge is -2.13. The van der Waals surface area contributed by atoms with Gasteiger partial charge in [0.1, 0.15) is 5.71 Å². The zero-order valence-corrected chi connectivity index (χ0v) is 9.42. The number of aliphatic imine (C=N–C) groups is 2. The van der Waals surface area contributed by atoms with E-state index in [1.807, 2.05) is 42.5 Å². The molecule has 18 heavy (non-hydrogen) atoms. The summed E-state index contributed by atoms with van der Waals surface area (Å²) in [6, 6.07) is 15.2. The first-order valence-corrected chi connectivity index (χ1v) is 5.75. The van der Waals surface area contributed by atoms with Crippen molar-refractivity contribution in [3.05, 3.63) is 65.2 Å². The van der Waals surface area contributed by atoms with Gasteiger partial charge in [0.2, 0.25) is 0 Å². The van der Waals surface area contributed by atoms with E-state index in [1.54, 1.807) is 6.07 Å². The zero-order valence-electron chi connectivity index (χ0n) is 9.42. The Bertz CT molecular complexity index is 757. The van der Waals surface area contributed by atoms with E-state index in [0.717, 1.165) is 22.5 Å². The minimum absolute atomic E-state index is 0.184. The Kier molecular flexibility index (Phi) is 1.70. The molecule has 2 aromatic rings. The van der Waals surface area contributed by atoms with Crippen molar-refractivity contribution in [1.29, 1.82) is 0 Å². The Hall–Kier alpha value is -2.55. The van der Waals surface area contributed by atoms with Gasteiger partial charge in [-0.15, -0.1) is 0 Å². The summed E-state index contributed by atoms with van der Waals surface area (Å²) in [6.07, 6.45) is 0. The summed E-state index contributed by atoms with van der Waals surface area (Å²) >= 11 is 0. The first kappa shape index (κ1) is 9.48. The van der Waals surface area contributed by atoms with E-state index < -0.39 is 0 Å². The molecule has 2 heterocycles. The van der Waals surface area contributed by atoms with Gasteiger partial charge in [0.25, 0.3) is 5.91 Å². The van der Waals surface area contributed by atoms with E-state index in [0.29, 0.717) is 11.3 Å². The van der Waals surface area contributed by atoms with Crippen LogP contribution < -0.4 is 0 Å². The molecule has 0 radical (unpaired) electrons. The molecule has 3 heteroatoms. The maximum atomic E-state index is 12.0. The molecular formula is C15H8N2O. The van der Waals surface area contributed by atoms with Crippen LogP contribution in [0.1, 0.15) is 21.5 Å². The third-order valence-corrected chi connectivity index (χ3v) is 3.24. The van der Waals surface area contributed by atoms with Crippen molar-refractivity contribution in [3.8, 4) is 0 Å². The highest BCUT2D eigenvalue weighted by atomic mass is 16.1. The van der Waals surface area contributed by atoms with Crippen molar-refractivity contribution in [2.75, 3.05) is 0 Å². The third kappa shape index (κ3) is 1.10. The predicted octanol–water partition coefficient (Wildman–Crippen LogP) is 2.76. The quantitative estimate of drug-likeness (QED) is 0.688. The fraction of sp³-hybridized carbons (Fsp3) is 0. The number of carbonyl (C=O) groups excluding carboxylic acids is 1. The summed E-state index contributed by atoms with van der Waals surface area (Å²) in [5.74, 6) is -0.184. The molecule has 0 aromatic heterocycles. The predicted molar refractivity (Wildman–Crippen MR) is 69.9 cm³/mol. The second-order valence-corrected chi connectivity index (χ2v) is 4.29. The lowest BCUT2D eigenvalue weighted by Crippen LogP contribution is -2.22. The van der Waals surface area contributed by atoms with Crippen LogP contribution in [0.3, 0.4) is 0 Å². The first-order valence-electron chi connectivity index (χ1n) is 5.75. The van der Waals surface area contributed by atoms with E-state index >= 15 is 0 Å². The second kappa shape index (κ2) is 3.23. The van der Waals surface area contributed by atoms with Gasteiger partial charge in [0.05, 0.1) is 17.0 Å². The number of hydrogen-bond acceptors (Lipinski definition) is 2. The van der Waals surface area contributed by atoms with Gasteiger partial charge in [-0.3, -0.25) is 4.79 Å². The van der Waals surface area contributed by atoms with Gasteiger partial charge in [-0.1, -0.05) is 36.4 Å². The molecule has 0 unspecified atom stereocenters. The molecule has 0 saturated heterocycles. The molecular weight excluding hydrogens is 224 g/mol. The number of amides is 1. The summed E-state index contributed by atoms with van der Waals surface area (Å²) in [4.78, 5) is 20.8. The van der Waals surface area contributed by atoms with Crippen molar-refractivity contribution >= 4 is 23.0 Å². The average molecular weight is 232 g/mol. The lowest BCUT2D eigenvalue weighted by molar-refractivity contribution is 0.100. The Morgan fingerprint density at radius 1 is 0.667 bits per heavy atom. The monoisotopic (exact) mass is 232 g/mol. The SMILES string of the molecule is O=C1N=C2C(=Nc3ccccc32)c2ccccc21. The molecule has 0 N–H and O–H groups in total. The Morgan fingerprint density at radius 2 is 1.28 bits per heavy atom. The fourth-order valence-electron chi connectivity index (χ4n) is 2.41. The van der Waals surface area contributed by atoms with Crippen LogP contribution in [0.2, 0.25) is 0 Å². The number of fused-ring (bicyclic) bond motifs is 5. The van der Waals surface area contributed by atoms with Crippen LogP contribution in [-0.2, 0) is 0 Å². The number of benzene rings is 2. The van der Waals surface area contributed by atoms with E-state index in [9.17, 15) is 4.79 Å². The molecule has 84 valence electrons. The van der Waals surface area contributed by atoms with E-state index in [2.05, 4.69) is 9.98 Å². The van der Waals surface area contributed by atoms with Gasteiger partial charge >= 0.3 is 0 Å². The molecule has 0 atom stereocenters. The number of hydrogen-bond donors (Lipinski definition) is 0. The second-order valence-electron chi connectivity index (χ2n) is 4.29. The van der Waals surface area contributed by atoms with Crippen LogP contribution in [0.5, 0.6) is 0 Å². The first-order chi connectivity index (χ1) is 8.84. The molecule has 2 aliphatic heterocycles. The van der Waals surface area contributed by atoms with Crippen LogP contribution in [0, 0.1) is 0 Å². The molecule has 0 fully saturated rings. The average Bonchev–Trinajstić information content (AvgIpc) is 2.78. The number of nitrogens with zero attached hydrogens (tertiary/aromatic N) is 2. The highest BCUT2D eigenvalue weighted by Gasteiger charge is 2.30. The summed E-state index contributed by atoms with van der Waals surface area (Å²) in [5, 5.41) is 0. The normalized spacial score (nSPS) is 15.4. The van der Waals surface area contributed by atoms with Crippen LogP contribution in [-0.4, -0.2) is 17.3 Å². The molecule has 0 saturated carbocycles. The van der Waals surface area contributed by atoms with Gasteiger partial charge in [0, 0.05) is 11.1 Å². The largest absolute Gasteiger partial charge is 0.278 e. The summed E-state index contributed by atoms with van der Waals surface area (Å²) in [7, 11) is 0. The summed E-state index contributed by atoms with van der Waals surface area (Å²) in [5.41, 5.74) is 4.85. The number of carbonyl (C=O) groups is 1. The van der Waals surface area contributed by atoms with Crippen LogP contribution in [0.25, 0.3) is 0 Å².